The molecule has 1 heterocycles. The van der Waals surface area contributed by atoms with Crippen molar-refractivity contribution in [2.45, 2.75) is 18.2 Å². The Morgan fingerprint density at radius 3 is 2.44 bits per heavy atom. The number of hydrogen-bond acceptors (Lipinski definition) is 3. The van der Waals surface area contributed by atoms with Crippen molar-refractivity contribution >= 4 is 34.3 Å². The largest absolute Gasteiger partial charge is 0.573 e. The van der Waals surface area contributed by atoms with Gasteiger partial charge in [-0.05, 0) is 36.9 Å². The minimum Gasteiger partial charge on any atom is -0.406 e. The molecule has 1 aromatic heterocycles. The molecule has 0 aliphatic rings. The normalized spacial score (nSPS) is 11.9. The highest BCUT2D eigenvalue weighted by Crippen LogP contribution is 2.40. The molecule has 0 amide bonds. The zero-order chi connectivity index (χ0) is 19.9. The van der Waals surface area contributed by atoms with Crippen molar-refractivity contribution in [3.63, 3.8) is 0 Å². The van der Waals surface area contributed by atoms with Crippen molar-refractivity contribution < 1.29 is 26.7 Å². The van der Waals surface area contributed by atoms with E-state index in [4.69, 9.17) is 11.6 Å². The predicted molar refractivity (Wildman–Crippen MR) is 95.3 cm³/mol. The van der Waals surface area contributed by atoms with Gasteiger partial charge in [-0.1, -0.05) is 11.6 Å². The van der Waals surface area contributed by atoms with Crippen LogP contribution in [0.1, 0.15) is 5.56 Å². The third-order valence-corrected chi connectivity index (χ3v) is 5.10. The molecule has 0 fully saturated rings. The van der Waals surface area contributed by atoms with Gasteiger partial charge in [0.2, 0.25) is 0 Å². The van der Waals surface area contributed by atoms with Crippen LogP contribution in [0.25, 0.3) is 22.2 Å². The molecule has 9 heteroatoms. The number of ether oxygens (including phenoxy) is 1. The van der Waals surface area contributed by atoms with E-state index >= 15 is 0 Å². The van der Waals surface area contributed by atoms with E-state index in [0.717, 1.165) is 6.07 Å². The molecule has 142 valence electrons. The van der Waals surface area contributed by atoms with Crippen molar-refractivity contribution in [1.29, 1.82) is 0 Å². The molecule has 0 saturated carbocycles. The van der Waals surface area contributed by atoms with Crippen LogP contribution in [-0.4, -0.2) is 17.6 Å². The van der Waals surface area contributed by atoms with Crippen LogP contribution in [0.5, 0.6) is 5.75 Å². The van der Waals surface area contributed by atoms with E-state index in [-0.39, 0.29) is 21.6 Å². The molecule has 0 bridgehead atoms. The maximum atomic E-state index is 14.1. The van der Waals surface area contributed by atoms with Crippen molar-refractivity contribution in [3.05, 3.63) is 52.6 Å². The number of hydrogen-bond donors (Lipinski definition) is 0. The molecule has 0 saturated heterocycles. The predicted octanol–water partition coefficient (Wildman–Crippen LogP) is 6.76. The second-order valence-electron chi connectivity index (χ2n) is 5.59. The van der Waals surface area contributed by atoms with Gasteiger partial charge in [0.15, 0.2) is 0 Å². The second-order valence-corrected chi connectivity index (χ2v) is 6.82. The summed E-state index contributed by atoms with van der Waals surface area (Å²) in [4.78, 5) is 4.86. The Labute approximate surface area is 160 Å². The summed E-state index contributed by atoms with van der Waals surface area (Å²) < 4.78 is 69.3. The van der Waals surface area contributed by atoms with Gasteiger partial charge in [0.1, 0.15) is 17.4 Å². The monoisotopic (exact) mass is 419 g/mol. The van der Waals surface area contributed by atoms with Gasteiger partial charge < -0.3 is 4.74 Å². The number of pyridine rings is 1. The standard InChI is InChI=1S/C18H11ClF5NOS/c1-8-16(19)15-12(21)5-9(20)6-13(15)25-17(8)11-7-10(26-18(22,23)24)3-4-14(11)27-2/h3-7H,1-2H3. The summed E-state index contributed by atoms with van der Waals surface area (Å²) in [5.74, 6) is -2.13. The van der Waals surface area contributed by atoms with Crippen LogP contribution in [0.2, 0.25) is 5.02 Å². The molecule has 0 aliphatic carbocycles. The average Bonchev–Trinajstić information content (AvgIpc) is 2.56. The number of nitrogens with zero attached hydrogens (tertiary/aromatic N) is 1. The van der Waals surface area contributed by atoms with Gasteiger partial charge in [-0.2, -0.15) is 0 Å². The maximum absolute atomic E-state index is 14.1. The Hall–Kier alpha value is -2.06. The zero-order valence-electron chi connectivity index (χ0n) is 13.9. The van der Waals surface area contributed by atoms with Gasteiger partial charge in [-0.3, -0.25) is 0 Å². The molecule has 2 nitrogen and oxygen atoms in total. The Morgan fingerprint density at radius 1 is 1.11 bits per heavy atom. The van der Waals surface area contributed by atoms with Crippen molar-refractivity contribution in [2.75, 3.05) is 6.26 Å². The number of halogens is 6. The molecule has 0 aliphatic heterocycles. The van der Waals surface area contributed by atoms with E-state index in [2.05, 4.69) is 9.72 Å². The molecule has 0 spiro atoms. The van der Waals surface area contributed by atoms with Gasteiger partial charge in [0, 0.05) is 22.6 Å². The smallest absolute Gasteiger partial charge is 0.406 e. The number of alkyl halides is 3. The summed E-state index contributed by atoms with van der Waals surface area (Å²) >= 11 is 7.54. The molecule has 27 heavy (non-hydrogen) atoms. The number of benzene rings is 2. The van der Waals surface area contributed by atoms with Crippen LogP contribution < -0.4 is 4.74 Å². The minimum atomic E-state index is -4.85. The molecule has 0 N–H and O–H groups in total. The Morgan fingerprint density at radius 2 is 1.81 bits per heavy atom. The molecule has 3 aromatic rings. The van der Waals surface area contributed by atoms with Crippen LogP contribution in [0.15, 0.2) is 35.2 Å². The lowest BCUT2D eigenvalue weighted by Crippen LogP contribution is -2.17. The van der Waals surface area contributed by atoms with Crippen LogP contribution in [0, 0.1) is 18.6 Å². The van der Waals surface area contributed by atoms with Crippen LogP contribution in [0.4, 0.5) is 22.0 Å². The van der Waals surface area contributed by atoms with Gasteiger partial charge in [0.05, 0.1) is 21.6 Å². The molecule has 0 unspecified atom stereocenters. The fourth-order valence-electron chi connectivity index (χ4n) is 2.69. The lowest BCUT2D eigenvalue weighted by atomic mass is 10.0. The van der Waals surface area contributed by atoms with Crippen molar-refractivity contribution in [2.24, 2.45) is 0 Å². The zero-order valence-corrected chi connectivity index (χ0v) is 15.5. The molecule has 0 atom stereocenters. The first kappa shape index (κ1) is 19.7. The van der Waals surface area contributed by atoms with E-state index in [9.17, 15) is 22.0 Å². The summed E-state index contributed by atoms with van der Waals surface area (Å²) in [5, 5.41) is -0.0330. The fraction of sp³-hybridized carbons (Fsp3) is 0.167. The highest BCUT2D eigenvalue weighted by atomic mass is 35.5. The Kier molecular flexibility index (Phi) is 5.22. The number of thioether (sulfide) groups is 1. The van der Waals surface area contributed by atoms with Crippen LogP contribution in [-0.2, 0) is 0 Å². The topological polar surface area (TPSA) is 22.1 Å². The van der Waals surface area contributed by atoms with Crippen LogP contribution in [0.3, 0.4) is 0 Å². The van der Waals surface area contributed by atoms with E-state index < -0.39 is 23.7 Å². The lowest BCUT2D eigenvalue weighted by molar-refractivity contribution is -0.274. The Bertz CT molecular complexity index is 1040. The minimum absolute atomic E-state index is 0.0155. The summed E-state index contributed by atoms with van der Waals surface area (Å²) in [5.41, 5.74) is 0.853. The van der Waals surface area contributed by atoms with Gasteiger partial charge in [-0.25, -0.2) is 13.8 Å². The van der Waals surface area contributed by atoms with Crippen molar-refractivity contribution in [3.8, 4) is 17.0 Å². The molecular formula is C18H11ClF5NOS. The molecule has 3 rings (SSSR count). The molecule has 2 aromatic carbocycles. The summed E-state index contributed by atoms with van der Waals surface area (Å²) in [7, 11) is 0. The fourth-order valence-corrected chi connectivity index (χ4v) is 3.55. The summed E-state index contributed by atoms with van der Waals surface area (Å²) in [6.45, 7) is 1.56. The SMILES string of the molecule is CSc1ccc(OC(F)(F)F)cc1-c1nc2cc(F)cc(F)c2c(Cl)c1C. The highest BCUT2D eigenvalue weighted by molar-refractivity contribution is 7.98. The van der Waals surface area contributed by atoms with Crippen molar-refractivity contribution in [1.82, 2.24) is 4.98 Å². The molecular weight excluding hydrogens is 409 g/mol. The third kappa shape index (κ3) is 3.96. The van der Waals surface area contributed by atoms with E-state index in [1.807, 2.05) is 0 Å². The lowest BCUT2D eigenvalue weighted by Gasteiger charge is -2.16. The quantitative estimate of drug-likeness (QED) is 0.346. The number of rotatable bonds is 3. The van der Waals surface area contributed by atoms with Gasteiger partial charge in [0.25, 0.3) is 0 Å². The second kappa shape index (κ2) is 7.16. The van der Waals surface area contributed by atoms with E-state index in [0.29, 0.717) is 22.1 Å². The summed E-state index contributed by atoms with van der Waals surface area (Å²) in [6, 6.07) is 5.52. The molecule has 0 radical (unpaired) electrons. The van der Waals surface area contributed by atoms with E-state index in [1.54, 1.807) is 13.2 Å². The summed E-state index contributed by atoms with van der Waals surface area (Å²) in [6.07, 6.45) is -3.12. The number of aromatic nitrogens is 1. The number of fused-ring (bicyclic) bond motifs is 1. The average molecular weight is 420 g/mol. The first-order chi connectivity index (χ1) is 12.6. The first-order valence-electron chi connectivity index (χ1n) is 7.49. The first-order valence-corrected chi connectivity index (χ1v) is 9.10. The van der Waals surface area contributed by atoms with E-state index in [1.165, 1.54) is 30.0 Å². The highest BCUT2D eigenvalue weighted by Gasteiger charge is 2.31. The third-order valence-electron chi connectivity index (χ3n) is 3.83. The Balaban J connectivity index is 2.28. The van der Waals surface area contributed by atoms with Crippen LogP contribution >= 0.6 is 23.4 Å². The van der Waals surface area contributed by atoms with Gasteiger partial charge in [-0.15, -0.1) is 24.9 Å². The maximum Gasteiger partial charge on any atom is 0.573 e. The van der Waals surface area contributed by atoms with Gasteiger partial charge >= 0.3 is 6.36 Å².